The Balaban J connectivity index is 1.89. The SMILES string of the molecule is Cc1cccc2sc(NC(=O)c3cccc(C#N)c3)nc12. The molecular formula is C16H11N3OS. The minimum atomic E-state index is -0.260. The Kier molecular flexibility index (Phi) is 3.38. The minimum absolute atomic E-state index is 0.260. The molecule has 0 aliphatic rings. The molecule has 0 aliphatic heterocycles. The molecule has 1 amide bonds. The largest absolute Gasteiger partial charge is 0.298 e. The van der Waals surface area contributed by atoms with E-state index in [1.807, 2.05) is 31.2 Å². The summed E-state index contributed by atoms with van der Waals surface area (Å²) >= 11 is 1.44. The number of benzene rings is 2. The summed E-state index contributed by atoms with van der Waals surface area (Å²) in [5.41, 5.74) is 2.90. The van der Waals surface area contributed by atoms with Gasteiger partial charge in [0.05, 0.1) is 21.8 Å². The Morgan fingerprint density at radius 2 is 2.10 bits per heavy atom. The molecule has 1 aromatic heterocycles. The first-order valence-corrected chi connectivity index (χ1v) is 7.17. The van der Waals surface area contributed by atoms with E-state index in [1.54, 1.807) is 24.3 Å². The number of thiazole rings is 1. The average molecular weight is 293 g/mol. The van der Waals surface area contributed by atoms with Crippen LogP contribution in [0.2, 0.25) is 0 Å². The van der Waals surface area contributed by atoms with Crippen LogP contribution in [0, 0.1) is 18.3 Å². The number of hydrogen-bond acceptors (Lipinski definition) is 4. The van der Waals surface area contributed by atoms with E-state index in [9.17, 15) is 4.79 Å². The number of amides is 1. The maximum absolute atomic E-state index is 12.2. The van der Waals surface area contributed by atoms with Gasteiger partial charge in [-0.15, -0.1) is 0 Å². The molecule has 3 rings (SSSR count). The van der Waals surface area contributed by atoms with E-state index in [-0.39, 0.29) is 5.91 Å². The van der Waals surface area contributed by atoms with Crippen molar-refractivity contribution in [1.29, 1.82) is 5.26 Å². The maximum atomic E-state index is 12.2. The van der Waals surface area contributed by atoms with Gasteiger partial charge in [0.1, 0.15) is 0 Å². The van der Waals surface area contributed by atoms with Gasteiger partial charge in [0.25, 0.3) is 5.91 Å². The third-order valence-corrected chi connectivity index (χ3v) is 4.03. The third-order valence-electron chi connectivity index (χ3n) is 3.10. The summed E-state index contributed by atoms with van der Waals surface area (Å²) in [6.07, 6.45) is 0. The summed E-state index contributed by atoms with van der Waals surface area (Å²) in [5.74, 6) is -0.260. The Morgan fingerprint density at radius 1 is 1.29 bits per heavy atom. The topological polar surface area (TPSA) is 65.8 Å². The summed E-state index contributed by atoms with van der Waals surface area (Å²) in [5, 5.41) is 12.2. The number of hydrogen-bond donors (Lipinski definition) is 1. The van der Waals surface area contributed by atoms with Crippen LogP contribution in [-0.4, -0.2) is 10.9 Å². The smallest absolute Gasteiger partial charge is 0.257 e. The zero-order chi connectivity index (χ0) is 14.8. The zero-order valence-corrected chi connectivity index (χ0v) is 12.1. The number of aromatic nitrogens is 1. The predicted molar refractivity (Wildman–Crippen MR) is 83.5 cm³/mol. The van der Waals surface area contributed by atoms with Gasteiger partial charge in [0, 0.05) is 5.56 Å². The molecule has 0 spiro atoms. The number of carbonyl (C=O) groups is 1. The second-order valence-electron chi connectivity index (χ2n) is 4.59. The van der Waals surface area contributed by atoms with Crippen LogP contribution >= 0.6 is 11.3 Å². The van der Waals surface area contributed by atoms with E-state index < -0.39 is 0 Å². The monoisotopic (exact) mass is 293 g/mol. The molecule has 2 aromatic carbocycles. The fourth-order valence-corrected chi connectivity index (χ4v) is 2.98. The molecule has 1 heterocycles. The summed E-state index contributed by atoms with van der Waals surface area (Å²) in [6, 6.07) is 14.6. The van der Waals surface area contributed by atoms with Gasteiger partial charge < -0.3 is 0 Å². The van der Waals surface area contributed by atoms with Gasteiger partial charge in [0.15, 0.2) is 5.13 Å². The molecular weight excluding hydrogens is 282 g/mol. The van der Waals surface area contributed by atoms with E-state index >= 15 is 0 Å². The van der Waals surface area contributed by atoms with Crippen LogP contribution in [0.15, 0.2) is 42.5 Å². The molecule has 0 fully saturated rings. The lowest BCUT2D eigenvalue weighted by Crippen LogP contribution is -2.11. The summed E-state index contributed by atoms with van der Waals surface area (Å²) in [4.78, 5) is 16.6. The van der Waals surface area contributed by atoms with E-state index in [1.165, 1.54) is 11.3 Å². The first-order valence-electron chi connectivity index (χ1n) is 6.35. The van der Waals surface area contributed by atoms with Crippen LogP contribution < -0.4 is 5.32 Å². The normalized spacial score (nSPS) is 10.3. The molecule has 102 valence electrons. The average Bonchev–Trinajstić information content (AvgIpc) is 2.91. The Labute approximate surface area is 125 Å². The lowest BCUT2D eigenvalue weighted by Gasteiger charge is -2.01. The molecule has 4 nitrogen and oxygen atoms in total. The van der Waals surface area contributed by atoms with Crippen molar-refractivity contribution in [2.24, 2.45) is 0 Å². The number of anilines is 1. The number of nitriles is 1. The predicted octanol–water partition coefficient (Wildman–Crippen LogP) is 3.73. The molecule has 0 atom stereocenters. The van der Waals surface area contributed by atoms with Crippen molar-refractivity contribution in [2.75, 3.05) is 5.32 Å². The van der Waals surface area contributed by atoms with Crippen LogP contribution in [-0.2, 0) is 0 Å². The van der Waals surface area contributed by atoms with Gasteiger partial charge in [-0.1, -0.05) is 29.5 Å². The van der Waals surface area contributed by atoms with Crippen molar-refractivity contribution >= 4 is 32.6 Å². The van der Waals surface area contributed by atoms with Gasteiger partial charge in [-0.2, -0.15) is 5.26 Å². The first kappa shape index (κ1) is 13.3. The van der Waals surface area contributed by atoms with Crippen LogP contribution in [0.3, 0.4) is 0 Å². The maximum Gasteiger partial charge on any atom is 0.257 e. The van der Waals surface area contributed by atoms with Crippen molar-refractivity contribution in [2.45, 2.75) is 6.92 Å². The Hall–Kier alpha value is -2.71. The molecule has 1 N–H and O–H groups in total. The van der Waals surface area contributed by atoms with Crippen molar-refractivity contribution in [3.63, 3.8) is 0 Å². The van der Waals surface area contributed by atoms with Crippen molar-refractivity contribution < 1.29 is 4.79 Å². The van der Waals surface area contributed by atoms with E-state index in [4.69, 9.17) is 5.26 Å². The Bertz CT molecular complexity index is 877. The van der Waals surface area contributed by atoms with E-state index in [0.29, 0.717) is 16.3 Å². The third kappa shape index (κ3) is 2.62. The highest BCUT2D eigenvalue weighted by Crippen LogP contribution is 2.28. The molecule has 0 saturated heterocycles. The molecule has 21 heavy (non-hydrogen) atoms. The number of aryl methyl sites for hydroxylation is 1. The number of para-hydroxylation sites is 1. The standard InChI is InChI=1S/C16H11N3OS/c1-10-4-2-7-13-14(10)18-16(21-13)19-15(20)12-6-3-5-11(8-12)9-17/h2-8H,1H3,(H,18,19,20). The first-order chi connectivity index (χ1) is 10.2. The summed E-state index contributed by atoms with van der Waals surface area (Å²) in [6.45, 7) is 1.99. The van der Waals surface area contributed by atoms with Crippen LogP contribution in [0.5, 0.6) is 0 Å². The highest BCUT2D eigenvalue weighted by Gasteiger charge is 2.11. The van der Waals surface area contributed by atoms with Gasteiger partial charge in [0.2, 0.25) is 0 Å². The van der Waals surface area contributed by atoms with Crippen molar-refractivity contribution in [3.05, 3.63) is 59.2 Å². The molecule has 5 heteroatoms. The zero-order valence-electron chi connectivity index (χ0n) is 11.3. The highest BCUT2D eigenvalue weighted by atomic mass is 32.1. The highest BCUT2D eigenvalue weighted by molar-refractivity contribution is 7.22. The number of nitrogens with zero attached hydrogens (tertiary/aromatic N) is 2. The molecule has 0 bridgehead atoms. The quantitative estimate of drug-likeness (QED) is 0.783. The molecule has 3 aromatic rings. The molecule has 0 radical (unpaired) electrons. The van der Waals surface area contributed by atoms with Crippen LogP contribution in [0.25, 0.3) is 10.2 Å². The summed E-state index contributed by atoms with van der Waals surface area (Å²) < 4.78 is 1.04. The number of carbonyl (C=O) groups excluding carboxylic acids is 1. The van der Waals surface area contributed by atoms with Crippen molar-refractivity contribution in [3.8, 4) is 6.07 Å². The van der Waals surface area contributed by atoms with Crippen LogP contribution in [0.4, 0.5) is 5.13 Å². The van der Waals surface area contributed by atoms with E-state index in [2.05, 4.69) is 10.3 Å². The number of rotatable bonds is 2. The van der Waals surface area contributed by atoms with Gasteiger partial charge in [-0.05, 0) is 36.8 Å². The Morgan fingerprint density at radius 3 is 2.86 bits per heavy atom. The van der Waals surface area contributed by atoms with Gasteiger partial charge in [-0.3, -0.25) is 10.1 Å². The van der Waals surface area contributed by atoms with Gasteiger partial charge in [-0.25, -0.2) is 4.98 Å². The lowest BCUT2D eigenvalue weighted by molar-refractivity contribution is 0.102. The fraction of sp³-hybridized carbons (Fsp3) is 0.0625. The van der Waals surface area contributed by atoms with E-state index in [0.717, 1.165) is 15.8 Å². The molecule has 0 saturated carbocycles. The lowest BCUT2D eigenvalue weighted by atomic mass is 10.1. The molecule has 0 unspecified atom stereocenters. The second-order valence-corrected chi connectivity index (χ2v) is 5.62. The number of fused-ring (bicyclic) bond motifs is 1. The van der Waals surface area contributed by atoms with Crippen molar-refractivity contribution in [1.82, 2.24) is 4.98 Å². The fourth-order valence-electron chi connectivity index (χ4n) is 2.04. The summed E-state index contributed by atoms with van der Waals surface area (Å²) in [7, 11) is 0. The van der Waals surface area contributed by atoms with Gasteiger partial charge >= 0.3 is 0 Å². The molecule has 0 aliphatic carbocycles. The number of nitrogens with one attached hydrogen (secondary N) is 1. The van der Waals surface area contributed by atoms with Crippen LogP contribution in [0.1, 0.15) is 21.5 Å². The second kappa shape index (κ2) is 5.35. The minimum Gasteiger partial charge on any atom is -0.298 e.